The molecule has 20 heavy (non-hydrogen) atoms. The van der Waals surface area contributed by atoms with E-state index < -0.39 is 0 Å². The molecule has 0 atom stereocenters. The molecule has 0 aliphatic carbocycles. The Morgan fingerprint density at radius 2 is 1.35 bits per heavy atom. The second kappa shape index (κ2) is 7.46. The van der Waals surface area contributed by atoms with Crippen LogP contribution in [-0.2, 0) is 13.1 Å². The van der Waals surface area contributed by atoms with Gasteiger partial charge in [0.1, 0.15) is 0 Å². The van der Waals surface area contributed by atoms with Crippen LogP contribution in [0, 0.1) is 0 Å². The summed E-state index contributed by atoms with van der Waals surface area (Å²) in [6, 6.07) is 20.7. The predicted molar refractivity (Wildman–Crippen MR) is 81.9 cm³/mol. The third-order valence-electron chi connectivity index (χ3n) is 3.12. The van der Waals surface area contributed by atoms with Gasteiger partial charge in [0.15, 0.2) is 0 Å². The Hall–Kier alpha value is -2.13. The zero-order chi connectivity index (χ0) is 14.2. The van der Waals surface area contributed by atoms with Crippen molar-refractivity contribution < 1.29 is 5.21 Å². The minimum absolute atomic E-state index is 0.653. The highest BCUT2D eigenvalue weighted by Crippen LogP contribution is 2.10. The van der Waals surface area contributed by atoms with E-state index in [0.717, 1.165) is 18.8 Å². The Bertz CT molecular complexity index is 496. The molecule has 104 valence electrons. The quantitative estimate of drug-likeness (QED) is 0.494. The summed E-state index contributed by atoms with van der Waals surface area (Å²) in [6.45, 7) is 4.16. The topological polar surface area (TPSA) is 35.8 Å². The molecule has 0 bridgehead atoms. The van der Waals surface area contributed by atoms with Crippen LogP contribution in [-0.4, -0.2) is 22.4 Å². The first kappa shape index (κ1) is 14.3. The Morgan fingerprint density at radius 1 is 0.900 bits per heavy atom. The van der Waals surface area contributed by atoms with Gasteiger partial charge in [-0.25, -0.2) is 0 Å². The van der Waals surface area contributed by atoms with Gasteiger partial charge in [0.2, 0.25) is 0 Å². The maximum atomic E-state index is 8.88. The lowest BCUT2D eigenvalue weighted by atomic mass is 10.1. The molecule has 3 nitrogen and oxygen atoms in total. The summed E-state index contributed by atoms with van der Waals surface area (Å²) in [4.78, 5) is 2.26. The van der Waals surface area contributed by atoms with E-state index in [-0.39, 0.29) is 0 Å². The van der Waals surface area contributed by atoms with E-state index in [2.05, 4.69) is 34.3 Å². The minimum Gasteiger partial charge on any atom is -0.411 e. The molecule has 0 aromatic heterocycles. The van der Waals surface area contributed by atoms with Gasteiger partial charge in [0.25, 0.3) is 0 Å². The molecule has 3 heteroatoms. The molecule has 2 aromatic rings. The van der Waals surface area contributed by atoms with Crippen LogP contribution < -0.4 is 0 Å². The van der Waals surface area contributed by atoms with Crippen molar-refractivity contribution in [2.45, 2.75) is 20.0 Å². The van der Waals surface area contributed by atoms with Crippen LogP contribution in [0.15, 0.2) is 65.8 Å². The molecule has 0 fully saturated rings. The number of hydrogen-bond acceptors (Lipinski definition) is 3. The van der Waals surface area contributed by atoms with Gasteiger partial charge in [-0.15, -0.1) is 0 Å². The number of oxime groups is 1. The molecule has 0 spiro atoms. The van der Waals surface area contributed by atoms with E-state index in [1.807, 2.05) is 43.3 Å². The van der Waals surface area contributed by atoms with E-state index >= 15 is 0 Å². The molecule has 0 amide bonds. The van der Waals surface area contributed by atoms with Crippen molar-refractivity contribution in [1.82, 2.24) is 4.90 Å². The van der Waals surface area contributed by atoms with Gasteiger partial charge in [-0.05, 0) is 18.1 Å². The Labute approximate surface area is 120 Å². The second-order valence-corrected chi connectivity index (χ2v) is 4.95. The van der Waals surface area contributed by atoms with Crippen LogP contribution in [0.2, 0.25) is 0 Å². The maximum Gasteiger partial charge on any atom is 0.0680 e. The van der Waals surface area contributed by atoms with Gasteiger partial charge >= 0.3 is 0 Å². The maximum absolute atomic E-state index is 8.88. The van der Waals surface area contributed by atoms with Crippen molar-refractivity contribution in [2.24, 2.45) is 5.16 Å². The van der Waals surface area contributed by atoms with Crippen molar-refractivity contribution in [3.05, 3.63) is 71.8 Å². The van der Waals surface area contributed by atoms with Crippen molar-refractivity contribution >= 4 is 5.71 Å². The average molecular weight is 268 g/mol. The number of hydrogen-bond donors (Lipinski definition) is 1. The van der Waals surface area contributed by atoms with Crippen LogP contribution >= 0.6 is 0 Å². The molecule has 0 aliphatic rings. The Kier molecular flexibility index (Phi) is 5.33. The van der Waals surface area contributed by atoms with E-state index in [4.69, 9.17) is 5.21 Å². The van der Waals surface area contributed by atoms with E-state index in [1.165, 1.54) is 11.1 Å². The highest BCUT2D eigenvalue weighted by atomic mass is 16.4. The van der Waals surface area contributed by atoms with Crippen LogP contribution in [0.4, 0.5) is 0 Å². The number of benzene rings is 2. The molecule has 2 rings (SSSR count). The first-order valence-corrected chi connectivity index (χ1v) is 6.75. The van der Waals surface area contributed by atoms with Gasteiger partial charge in [-0.2, -0.15) is 0 Å². The third kappa shape index (κ3) is 4.52. The fourth-order valence-corrected chi connectivity index (χ4v) is 2.21. The molecule has 0 saturated carbocycles. The monoisotopic (exact) mass is 268 g/mol. The molecule has 0 unspecified atom stereocenters. The van der Waals surface area contributed by atoms with Crippen molar-refractivity contribution in [2.75, 3.05) is 6.54 Å². The lowest BCUT2D eigenvalue weighted by molar-refractivity contribution is 0.280. The standard InChI is InChI=1S/C17H20N2O/c1-15(18-20)12-19(13-16-8-4-2-5-9-16)14-17-10-6-3-7-11-17/h2-11,20H,12-14H2,1H3/b18-15+. The van der Waals surface area contributed by atoms with Gasteiger partial charge < -0.3 is 5.21 Å². The summed E-state index contributed by atoms with van der Waals surface area (Å²) in [5, 5.41) is 12.2. The fourth-order valence-electron chi connectivity index (χ4n) is 2.21. The van der Waals surface area contributed by atoms with Gasteiger partial charge in [0.05, 0.1) is 5.71 Å². The highest BCUT2D eigenvalue weighted by molar-refractivity contribution is 5.83. The summed E-state index contributed by atoms with van der Waals surface area (Å²) < 4.78 is 0. The largest absolute Gasteiger partial charge is 0.411 e. The lowest BCUT2D eigenvalue weighted by Crippen LogP contribution is -2.28. The summed E-state index contributed by atoms with van der Waals surface area (Å²) >= 11 is 0. The van der Waals surface area contributed by atoms with Gasteiger partial charge in [0, 0.05) is 19.6 Å². The lowest BCUT2D eigenvalue weighted by Gasteiger charge is -2.22. The first-order valence-electron chi connectivity index (χ1n) is 6.75. The van der Waals surface area contributed by atoms with Crippen LogP contribution in [0.1, 0.15) is 18.1 Å². The highest BCUT2D eigenvalue weighted by Gasteiger charge is 2.08. The minimum atomic E-state index is 0.653. The van der Waals surface area contributed by atoms with E-state index in [9.17, 15) is 0 Å². The van der Waals surface area contributed by atoms with Crippen LogP contribution in [0.25, 0.3) is 0 Å². The van der Waals surface area contributed by atoms with Gasteiger partial charge in [-0.3, -0.25) is 4.90 Å². The molecule has 1 N–H and O–H groups in total. The van der Waals surface area contributed by atoms with E-state index in [1.54, 1.807) is 0 Å². The fraction of sp³-hybridized carbons (Fsp3) is 0.235. The van der Waals surface area contributed by atoms with E-state index in [0.29, 0.717) is 6.54 Å². The van der Waals surface area contributed by atoms with Crippen LogP contribution in [0.3, 0.4) is 0 Å². The van der Waals surface area contributed by atoms with Gasteiger partial charge in [-0.1, -0.05) is 65.8 Å². The molecule has 2 aromatic carbocycles. The zero-order valence-corrected chi connectivity index (χ0v) is 11.7. The Morgan fingerprint density at radius 3 is 1.75 bits per heavy atom. The molecular weight excluding hydrogens is 248 g/mol. The summed E-state index contributed by atoms with van der Waals surface area (Å²) in [7, 11) is 0. The van der Waals surface area contributed by atoms with Crippen molar-refractivity contribution in [3.63, 3.8) is 0 Å². The number of nitrogens with zero attached hydrogens (tertiary/aromatic N) is 2. The summed E-state index contributed by atoms with van der Waals surface area (Å²) in [5.41, 5.74) is 3.24. The molecule has 0 saturated heterocycles. The molecular formula is C17H20N2O. The first-order chi connectivity index (χ1) is 9.78. The van der Waals surface area contributed by atoms with Crippen molar-refractivity contribution in [3.8, 4) is 0 Å². The van der Waals surface area contributed by atoms with Crippen LogP contribution in [0.5, 0.6) is 0 Å². The summed E-state index contributed by atoms with van der Waals surface area (Å²) in [6.07, 6.45) is 0. The molecule has 0 aliphatic heterocycles. The summed E-state index contributed by atoms with van der Waals surface area (Å²) in [5.74, 6) is 0. The second-order valence-electron chi connectivity index (χ2n) is 4.95. The van der Waals surface area contributed by atoms with Crippen molar-refractivity contribution in [1.29, 1.82) is 0 Å². The smallest absolute Gasteiger partial charge is 0.0680 e. The third-order valence-corrected chi connectivity index (χ3v) is 3.12. The Balaban J connectivity index is 2.08. The zero-order valence-electron chi connectivity index (χ0n) is 11.7. The SMILES string of the molecule is C/C(CN(Cc1ccccc1)Cc1ccccc1)=N\O. The number of rotatable bonds is 6. The average Bonchev–Trinajstić information content (AvgIpc) is 2.49. The predicted octanol–water partition coefficient (Wildman–Crippen LogP) is 3.54. The molecule has 0 radical (unpaired) electrons. The molecule has 0 heterocycles. The normalized spacial score (nSPS) is 11.8.